The van der Waals surface area contributed by atoms with Gasteiger partial charge in [0.25, 0.3) is 0 Å². The third kappa shape index (κ3) is 1.86. The molecule has 60 valence electrons. The number of hydrogen-bond acceptors (Lipinski definition) is 4. The molecule has 1 rings (SSSR count). The van der Waals surface area contributed by atoms with Crippen LogP contribution in [-0.2, 0) is 0 Å². The van der Waals surface area contributed by atoms with Crippen LogP contribution >= 0.6 is 0 Å². The van der Waals surface area contributed by atoms with Crippen molar-refractivity contribution in [3.05, 3.63) is 11.9 Å². The molecule has 4 nitrogen and oxygen atoms in total. The van der Waals surface area contributed by atoms with Crippen molar-refractivity contribution in [3.63, 3.8) is 0 Å². The largest absolute Gasteiger partial charge is 0.366 e. The van der Waals surface area contributed by atoms with Crippen molar-refractivity contribution in [2.45, 2.75) is 26.2 Å². The lowest BCUT2D eigenvalue weighted by atomic mass is 10.1. The molecule has 4 heteroatoms. The summed E-state index contributed by atoms with van der Waals surface area (Å²) < 4.78 is 0. The number of rotatable bonds is 2. The predicted octanol–water partition coefficient (Wildman–Crippen LogP) is 0.967. The summed E-state index contributed by atoms with van der Waals surface area (Å²) in [5.41, 5.74) is 6.28. The second-order valence-corrected chi connectivity index (χ2v) is 2.55. The average molecular weight is 152 g/mol. The van der Waals surface area contributed by atoms with E-state index in [1.54, 1.807) is 6.20 Å². The van der Waals surface area contributed by atoms with Crippen molar-refractivity contribution < 1.29 is 0 Å². The fourth-order valence-electron chi connectivity index (χ4n) is 0.777. The van der Waals surface area contributed by atoms with E-state index in [9.17, 15) is 0 Å². The minimum atomic E-state index is 0.253. The maximum atomic E-state index is 5.37. The lowest BCUT2D eigenvalue weighted by molar-refractivity contribution is 0.695. The first-order chi connectivity index (χ1) is 5.24. The maximum Gasteiger partial charge on any atom is 0.240 e. The van der Waals surface area contributed by atoms with Gasteiger partial charge in [-0.1, -0.05) is 13.8 Å². The summed E-state index contributed by atoms with van der Waals surface area (Å²) in [7, 11) is 0. The fourth-order valence-corrected chi connectivity index (χ4v) is 0.777. The Hall–Kier alpha value is -1.19. The lowest BCUT2D eigenvalue weighted by Gasteiger charge is -2.05. The highest BCUT2D eigenvalue weighted by atomic mass is 15.2. The molecule has 0 amide bonds. The molecular formula is C7H12N4. The molecule has 0 fully saturated rings. The number of nitrogens with zero attached hydrogens (tertiary/aromatic N) is 3. The molecule has 1 atom stereocenters. The van der Waals surface area contributed by atoms with Gasteiger partial charge in [-0.15, -0.1) is 5.10 Å². The van der Waals surface area contributed by atoms with E-state index in [0.717, 1.165) is 12.1 Å². The van der Waals surface area contributed by atoms with Gasteiger partial charge in [-0.3, -0.25) is 0 Å². The number of hydrogen-bond donors (Lipinski definition) is 1. The molecule has 0 aliphatic rings. The Morgan fingerprint density at radius 3 is 2.91 bits per heavy atom. The van der Waals surface area contributed by atoms with Crippen molar-refractivity contribution in [2.75, 3.05) is 5.73 Å². The first-order valence-corrected chi connectivity index (χ1v) is 3.69. The van der Waals surface area contributed by atoms with Gasteiger partial charge >= 0.3 is 0 Å². The van der Waals surface area contributed by atoms with Crippen molar-refractivity contribution >= 4 is 5.95 Å². The third-order valence-electron chi connectivity index (χ3n) is 1.71. The van der Waals surface area contributed by atoms with Gasteiger partial charge in [-0.05, 0) is 12.3 Å². The summed E-state index contributed by atoms with van der Waals surface area (Å²) in [6.07, 6.45) is 2.70. The molecule has 0 aliphatic heterocycles. The van der Waals surface area contributed by atoms with E-state index in [-0.39, 0.29) is 5.95 Å². The molecule has 0 bridgehead atoms. The van der Waals surface area contributed by atoms with E-state index in [0.29, 0.717) is 5.92 Å². The Morgan fingerprint density at radius 1 is 1.64 bits per heavy atom. The smallest absolute Gasteiger partial charge is 0.240 e. The number of aromatic nitrogens is 3. The van der Waals surface area contributed by atoms with Crippen LogP contribution in [0.2, 0.25) is 0 Å². The summed E-state index contributed by atoms with van der Waals surface area (Å²) >= 11 is 0. The third-order valence-corrected chi connectivity index (χ3v) is 1.71. The molecule has 2 N–H and O–H groups in total. The van der Waals surface area contributed by atoms with E-state index in [1.165, 1.54) is 0 Å². The van der Waals surface area contributed by atoms with Crippen molar-refractivity contribution in [1.82, 2.24) is 15.2 Å². The van der Waals surface area contributed by atoms with Crippen LogP contribution in [0, 0.1) is 0 Å². The lowest BCUT2D eigenvalue weighted by Crippen LogP contribution is -2.03. The zero-order valence-corrected chi connectivity index (χ0v) is 6.78. The number of nitrogen functional groups attached to an aromatic ring is 1. The van der Waals surface area contributed by atoms with Gasteiger partial charge in [-0.2, -0.15) is 5.10 Å². The van der Waals surface area contributed by atoms with E-state index in [4.69, 9.17) is 5.73 Å². The Bertz CT molecular complexity index is 236. The summed E-state index contributed by atoms with van der Waals surface area (Å²) in [6, 6.07) is 0. The molecule has 1 heterocycles. The normalized spacial score (nSPS) is 12.9. The Morgan fingerprint density at radius 2 is 2.36 bits per heavy atom. The van der Waals surface area contributed by atoms with E-state index >= 15 is 0 Å². The van der Waals surface area contributed by atoms with Gasteiger partial charge in [0.05, 0.1) is 11.9 Å². The van der Waals surface area contributed by atoms with Gasteiger partial charge in [0, 0.05) is 0 Å². The molecule has 1 unspecified atom stereocenters. The Balaban J connectivity index is 2.86. The van der Waals surface area contributed by atoms with Crippen LogP contribution < -0.4 is 5.73 Å². The molecule has 0 radical (unpaired) electrons. The molecule has 1 aromatic heterocycles. The molecule has 0 spiro atoms. The first kappa shape index (κ1) is 7.91. The molecule has 1 aromatic rings. The summed E-state index contributed by atoms with van der Waals surface area (Å²) in [6.45, 7) is 4.19. The molecular weight excluding hydrogens is 140 g/mol. The standard InChI is InChI=1S/C7H12N4/c1-3-5(2)6-4-9-11-7(8)10-6/h4-5H,3H2,1-2H3,(H2,8,10,11). The average Bonchev–Trinajstić information content (AvgIpc) is 2.03. The molecule has 11 heavy (non-hydrogen) atoms. The predicted molar refractivity (Wildman–Crippen MR) is 42.9 cm³/mol. The second kappa shape index (κ2) is 3.27. The molecule has 0 saturated carbocycles. The van der Waals surface area contributed by atoms with Gasteiger partial charge in [0.1, 0.15) is 0 Å². The zero-order valence-electron chi connectivity index (χ0n) is 6.78. The highest BCUT2D eigenvalue weighted by Gasteiger charge is 2.04. The highest BCUT2D eigenvalue weighted by Crippen LogP contribution is 2.14. The van der Waals surface area contributed by atoms with Gasteiger partial charge < -0.3 is 5.73 Å². The maximum absolute atomic E-state index is 5.37. The van der Waals surface area contributed by atoms with Crippen LogP contribution in [0.1, 0.15) is 31.9 Å². The van der Waals surface area contributed by atoms with Crippen LogP contribution in [0.25, 0.3) is 0 Å². The quantitative estimate of drug-likeness (QED) is 0.685. The van der Waals surface area contributed by atoms with Crippen LogP contribution in [0.4, 0.5) is 5.95 Å². The van der Waals surface area contributed by atoms with Gasteiger partial charge in [0.15, 0.2) is 0 Å². The number of anilines is 1. The van der Waals surface area contributed by atoms with E-state index < -0.39 is 0 Å². The van der Waals surface area contributed by atoms with Gasteiger partial charge in [-0.25, -0.2) is 4.98 Å². The van der Waals surface area contributed by atoms with Crippen LogP contribution in [0.15, 0.2) is 6.20 Å². The minimum absolute atomic E-state index is 0.253. The Labute approximate surface area is 65.9 Å². The molecule has 0 aliphatic carbocycles. The minimum Gasteiger partial charge on any atom is -0.366 e. The van der Waals surface area contributed by atoms with Crippen molar-refractivity contribution in [3.8, 4) is 0 Å². The fraction of sp³-hybridized carbons (Fsp3) is 0.571. The summed E-state index contributed by atoms with van der Waals surface area (Å²) in [5.74, 6) is 0.663. The van der Waals surface area contributed by atoms with E-state index in [1.807, 2.05) is 0 Å². The topological polar surface area (TPSA) is 64.7 Å². The van der Waals surface area contributed by atoms with Crippen LogP contribution in [0.3, 0.4) is 0 Å². The number of nitrogens with two attached hydrogens (primary N) is 1. The van der Waals surface area contributed by atoms with Crippen LogP contribution in [0.5, 0.6) is 0 Å². The van der Waals surface area contributed by atoms with Crippen molar-refractivity contribution in [2.24, 2.45) is 0 Å². The SMILES string of the molecule is CCC(C)c1cnnc(N)n1. The monoisotopic (exact) mass is 152 g/mol. The summed E-state index contributed by atoms with van der Waals surface area (Å²) in [5, 5.41) is 7.29. The van der Waals surface area contributed by atoms with E-state index in [2.05, 4.69) is 29.0 Å². The summed E-state index contributed by atoms with van der Waals surface area (Å²) in [4.78, 5) is 4.05. The highest BCUT2D eigenvalue weighted by molar-refractivity contribution is 5.15. The molecule has 0 saturated heterocycles. The first-order valence-electron chi connectivity index (χ1n) is 3.69. The zero-order chi connectivity index (χ0) is 8.27. The second-order valence-electron chi connectivity index (χ2n) is 2.55. The van der Waals surface area contributed by atoms with Crippen LogP contribution in [-0.4, -0.2) is 15.2 Å². The molecule has 0 aromatic carbocycles. The van der Waals surface area contributed by atoms with Gasteiger partial charge in [0.2, 0.25) is 5.95 Å². The Kier molecular flexibility index (Phi) is 2.36. The van der Waals surface area contributed by atoms with Crippen molar-refractivity contribution in [1.29, 1.82) is 0 Å².